The molecule has 7 heteroatoms. The first-order chi connectivity index (χ1) is 13.6. The van der Waals surface area contributed by atoms with Gasteiger partial charge in [0.2, 0.25) is 5.91 Å². The lowest BCUT2D eigenvalue weighted by atomic mass is 9.95. The normalized spacial score (nSPS) is 15.8. The largest absolute Gasteiger partial charge is 0.497 e. The van der Waals surface area contributed by atoms with Gasteiger partial charge in [0, 0.05) is 32.6 Å². The monoisotopic (exact) mass is 516 g/mol. The molecule has 6 nitrogen and oxygen atoms in total. The second-order valence-corrected chi connectivity index (χ2v) is 7.54. The summed E-state index contributed by atoms with van der Waals surface area (Å²) in [5.74, 6) is 2.19. The molecule has 164 valence electrons. The number of halogens is 1. The first kappa shape index (κ1) is 25.5. The van der Waals surface area contributed by atoms with Crippen molar-refractivity contribution in [3.63, 3.8) is 0 Å². The van der Waals surface area contributed by atoms with Gasteiger partial charge in [0.1, 0.15) is 5.75 Å². The fourth-order valence-corrected chi connectivity index (χ4v) is 3.57. The fraction of sp³-hybridized carbons (Fsp3) is 0.636. The van der Waals surface area contributed by atoms with E-state index >= 15 is 0 Å². The van der Waals surface area contributed by atoms with E-state index in [9.17, 15) is 4.79 Å². The van der Waals surface area contributed by atoms with Crippen LogP contribution in [0.4, 0.5) is 0 Å². The minimum absolute atomic E-state index is 0. The smallest absolute Gasteiger partial charge is 0.221 e. The van der Waals surface area contributed by atoms with E-state index in [0.717, 1.165) is 37.5 Å². The van der Waals surface area contributed by atoms with Crippen LogP contribution in [0.1, 0.15) is 63.4 Å². The molecule has 1 fully saturated rings. The van der Waals surface area contributed by atoms with Crippen LogP contribution < -0.4 is 20.7 Å². The molecule has 0 aliphatic heterocycles. The molecule has 0 aromatic heterocycles. The summed E-state index contributed by atoms with van der Waals surface area (Å²) in [6.07, 6.45) is 7.47. The van der Waals surface area contributed by atoms with Crippen molar-refractivity contribution in [2.75, 3.05) is 27.2 Å². The molecular formula is C22H37IN4O2. The number of aliphatic imine (C=N–C) groups is 1. The van der Waals surface area contributed by atoms with Gasteiger partial charge in [-0.25, -0.2) is 0 Å². The third-order valence-electron chi connectivity index (χ3n) is 5.39. The van der Waals surface area contributed by atoms with E-state index in [0.29, 0.717) is 24.9 Å². The predicted molar refractivity (Wildman–Crippen MR) is 130 cm³/mol. The van der Waals surface area contributed by atoms with Gasteiger partial charge >= 0.3 is 0 Å². The summed E-state index contributed by atoms with van der Waals surface area (Å²) in [5.41, 5.74) is 1.30. The second-order valence-electron chi connectivity index (χ2n) is 7.54. The standard InChI is InChI=1S/C22H36N4O2.HI/c1-17(18-9-11-20(28-3)12-10-18)13-15-24-22(23-2)25-16-14-21(27)26-19-7-5-4-6-8-19;/h9-12,17,19H,4-8,13-16H2,1-3H3,(H,26,27)(H2,23,24,25);1H. The summed E-state index contributed by atoms with van der Waals surface area (Å²) in [6.45, 7) is 3.63. The van der Waals surface area contributed by atoms with E-state index in [-0.39, 0.29) is 29.9 Å². The zero-order valence-electron chi connectivity index (χ0n) is 18.0. The number of methoxy groups -OCH3 is 1. The Morgan fingerprint density at radius 2 is 1.79 bits per heavy atom. The lowest BCUT2D eigenvalue weighted by Gasteiger charge is -2.22. The second kappa shape index (κ2) is 14.5. The Balaban J connectivity index is 0.00000420. The number of ether oxygens (including phenoxy) is 1. The number of benzene rings is 1. The maximum absolute atomic E-state index is 12.1. The maximum Gasteiger partial charge on any atom is 0.221 e. The molecule has 1 aliphatic carbocycles. The summed E-state index contributed by atoms with van der Waals surface area (Å²) in [6, 6.07) is 8.59. The molecule has 0 heterocycles. The van der Waals surface area contributed by atoms with Crippen molar-refractivity contribution >= 4 is 35.8 Å². The van der Waals surface area contributed by atoms with Gasteiger partial charge < -0.3 is 20.7 Å². The van der Waals surface area contributed by atoms with Gasteiger partial charge in [0.15, 0.2) is 5.96 Å². The Morgan fingerprint density at radius 3 is 2.41 bits per heavy atom. The molecule has 1 aromatic rings. The number of carbonyl (C=O) groups excluding carboxylic acids is 1. The van der Waals surface area contributed by atoms with E-state index in [1.807, 2.05) is 12.1 Å². The zero-order valence-corrected chi connectivity index (χ0v) is 20.3. The Morgan fingerprint density at radius 1 is 1.14 bits per heavy atom. The van der Waals surface area contributed by atoms with Crippen molar-refractivity contribution in [3.8, 4) is 5.75 Å². The van der Waals surface area contributed by atoms with Crippen LogP contribution >= 0.6 is 24.0 Å². The summed E-state index contributed by atoms with van der Waals surface area (Å²) in [7, 11) is 3.44. The van der Waals surface area contributed by atoms with Crippen LogP contribution in [0.15, 0.2) is 29.3 Å². The average molecular weight is 516 g/mol. The van der Waals surface area contributed by atoms with E-state index in [1.165, 1.54) is 24.8 Å². The highest BCUT2D eigenvalue weighted by Gasteiger charge is 2.15. The SMILES string of the molecule is CN=C(NCCC(=O)NC1CCCCC1)NCCC(C)c1ccc(OC)cc1.I. The fourth-order valence-electron chi connectivity index (χ4n) is 3.57. The number of nitrogens with one attached hydrogen (secondary N) is 3. The van der Waals surface area contributed by atoms with Crippen LogP contribution in [0.3, 0.4) is 0 Å². The number of hydrogen-bond acceptors (Lipinski definition) is 3. The molecule has 0 saturated heterocycles. The number of guanidine groups is 1. The minimum Gasteiger partial charge on any atom is -0.497 e. The van der Waals surface area contributed by atoms with Crippen molar-refractivity contribution in [2.24, 2.45) is 4.99 Å². The summed E-state index contributed by atoms with van der Waals surface area (Å²) < 4.78 is 5.21. The first-order valence-electron chi connectivity index (χ1n) is 10.5. The molecule has 29 heavy (non-hydrogen) atoms. The third kappa shape index (κ3) is 9.69. The Bertz CT molecular complexity index is 616. The average Bonchev–Trinajstić information content (AvgIpc) is 2.73. The van der Waals surface area contributed by atoms with Crippen molar-refractivity contribution < 1.29 is 9.53 Å². The van der Waals surface area contributed by atoms with Crippen molar-refractivity contribution in [2.45, 2.75) is 63.8 Å². The van der Waals surface area contributed by atoms with E-state index in [2.05, 4.69) is 40.0 Å². The Labute approximate surface area is 192 Å². The lowest BCUT2D eigenvalue weighted by Crippen LogP contribution is -2.41. The van der Waals surface area contributed by atoms with Gasteiger partial charge in [0.25, 0.3) is 0 Å². The minimum atomic E-state index is 0. The van der Waals surface area contributed by atoms with E-state index in [1.54, 1.807) is 14.2 Å². The van der Waals surface area contributed by atoms with Crippen LogP contribution in [-0.4, -0.2) is 45.2 Å². The number of hydrogen-bond donors (Lipinski definition) is 3. The zero-order chi connectivity index (χ0) is 20.2. The van der Waals surface area contributed by atoms with Crippen LogP contribution in [0.2, 0.25) is 0 Å². The number of carbonyl (C=O) groups is 1. The van der Waals surface area contributed by atoms with Crippen LogP contribution in [0, 0.1) is 0 Å². The van der Waals surface area contributed by atoms with Gasteiger partial charge in [-0.05, 0) is 42.9 Å². The first-order valence-corrected chi connectivity index (χ1v) is 10.5. The van der Waals surface area contributed by atoms with Crippen molar-refractivity contribution in [1.29, 1.82) is 0 Å². The van der Waals surface area contributed by atoms with Gasteiger partial charge in [-0.2, -0.15) is 0 Å². The molecule has 2 rings (SSSR count). The Kier molecular flexibility index (Phi) is 12.7. The molecule has 1 amide bonds. The number of amides is 1. The Hall–Kier alpha value is -1.51. The van der Waals surface area contributed by atoms with Gasteiger partial charge in [0.05, 0.1) is 7.11 Å². The molecule has 0 radical (unpaired) electrons. The highest BCUT2D eigenvalue weighted by Crippen LogP contribution is 2.21. The molecule has 1 aromatic carbocycles. The predicted octanol–water partition coefficient (Wildman–Crippen LogP) is 3.81. The van der Waals surface area contributed by atoms with Crippen LogP contribution in [-0.2, 0) is 4.79 Å². The third-order valence-corrected chi connectivity index (χ3v) is 5.39. The molecular weight excluding hydrogens is 479 g/mol. The van der Waals surface area contributed by atoms with Gasteiger partial charge in [-0.1, -0.05) is 38.3 Å². The summed E-state index contributed by atoms with van der Waals surface area (Å²) in [5, 5.41) is 9.70. The molecule has 1 saturated carbocycles. The molecule has 1 unspecified atom stereocenters. The molecule has 1 atom stereocenters. The summed E-state index contributed by atoms with van der Waals surface area (Å²) >= 11 is 0. The molecule has 0 bridgehead atoms. The van der Waals surface area contributed by atoms with E-state index in [4.69, 9.17) is 4.74 Å². The molecule has 0 spiro atoms. The highest BCUT2D eigenvalue weighted by atomic mass is 127. The molecule has 3 N–H and O–H groups in total. The topological polar surface area (TPSA) is 74.8 Å². The maximum atomic E-state index is 12.1. The van der Waals surface area contributed by atoms with Crippen molar-refractivity contribution in [1.82, 2.24) is 16.0 Å². The molecule has 1 aliphatic rings. The number of nitrogens with zero attached hydrogens (tertiary/aromatic N) is 1. The van der Waals surface area contributed by atoms with Crippen LogP contribution in [0.25, 0.3) is 0 Å². The van der Waals surface area contributed by atoms with Gasteiger partial charge in [-0.3, -0.25) is 9.79 Å². The lowest BCUT2D eigenvalue weighted by molar-refractivity contribution is -0.121. The highest BCUT2D eigenvalue weighted by molar-refractivity contribution is 14.0. The van der Waals surface area contributed by atoms with E-state index < -0.39 is 0 Å². The number of rotatable bonds is 9. The van der Waals surface area contributed by atoms with Crippen molar-refractivity contribution in [3.05, 3.63) is 29.8 Å². The van der Waals surface area contributed by atoms with Gasteiger partial charge in [-0.15, -0.1) is 24.0 Å². The summed E-state index contributed by atoms with van der Waals surface area (Å²) in [4.78, 5) is 16.3. The quantitative estimate of drug-likeness (QED) is 0.265. The van der Waals surface area contributed by atoms with Crippen LogP contribution in [0.5, 0.6) is 5.75 Å².